The lowest BCUT2D eigenvalue weighted by Gasteiger charge is -2.22. The Morgan fingerprint density at radius 3 is 2.52 bits per heavy atom. The van der Waals surface area contributed by atoms with Crippen LogP contribution in [0.5, 0.6) is 0 Å². The average molecular weight is 354 g/mol. The molecule has 1 aromatic carbocycles. The molecule has 0 radical (unpaired) electrons. The van der Waals surface area contributed by atoms with E-state index in [-0.39, 0.29) is 16.6 Å². The monoisotopic (exact) mass is 353 g/mol. The zero-order chi connectivity index (χ0) is 15.8. The minimum atomic E-state index is -4.31. The normalized spacial score (nSPS) is 15.0. The molecule has 4 nitrogen and oxygen atoms in total. The van der Waals surface area contributed by atoms with E-state index in [0.29, 0.717) is 6.54 Å². The fourth-order valence-electron chi connectivity index (χ4n) is 2.13. The fraction of sp³-hybridized carbons (Fsp3) is 0.462. The Hall–Kier alpha value is -0.850. The van der Waals surface area contributed by atoms with Gasteiger partial charge < -0.3 is 4.90 Å². The van der Waals surface area contributed by atoms with Crippen LogP contribution in [0.2, 0.25) is 5.02 Å². The number of carbonyl (C=O) groups excluding carboxylic acids is 1. The summed E-state index contributed by atoms with van der Waals surface area (Å²) in [6.45, 7) is 2.39. The zero-order valence-corrected chi connectivity index (χ0v) is 13.6. The van der Waals surface area contributed by atoms with Crippen molar-refractivity contribution in [3.63, 3.8) is 0 Å². The summed E-state index contributed by atoms with van der Waals surface area (Å²) in [5, 5.41) is -0.0498. The highest BCUT2D eigenvalue weighted by molar-refractivity contribution is 8.13. The highest BCUT2D eigenvalue weighted by Crippen LogP contribution is 2.31. The van der Waals surface area contributed by atoms with Crippen molar-refractivity contribution in [2.45, 2.75) is 37.1 Å². The van der Waals surface area contributed by atoms with Crippen LogP contribution in [-0.4, -0.2) is 31.8 Å². The van der Waals surface area contributed by atoms with Gasteiger partial charge in [0.1, 0.15) is 4.90 Å². The van der Waals surface area contributed by atoms with Crippen LogP contribution in [0.1, 0.15) is 36.5 Å². The van der Waals surface area contributed by atoms with Crippen LogP contribution >= 0.6 is 22.3 Å². The molecular weight excluding hydrogens is 340 g/mol. The molecular formula is C13H14Cl2FNO3S. The highest BCUT2D eigenvalue weighted by Gasteiger charge is 2.34. The molecule has 0 N–H and O–H groups in total. The molecule has 0 saturated heterocycles. The van der Waals surface area contributed by atoms with Gasteiger partial charge in [0.25, 0.3) is 15.0 Å². The summed E-state index contributed by atoms with van der Waals surface area (Å²) in [4.78, 5) is 13.2. The molecule has 21 heavy (non-hydrogen) atoms. The van der Waals surface area contributed by atoms with Crippen molar-refractivity contribution < 1.29 is 17.6 Å². The number of benzene rings is 1. The van der Waals surface area contributed by atoms with Crippen molar-refractivity contribution in [2.24, 2.45) is 0 Å². The second-order valence-corrected chi connectivity index (χ2v) is 7.90. The Morgan fingerprint density at radius 1 is 1.43 bits per heavy atom. The molecule has 8 heteroatoms. The second-order valence-electron chi connectivity index (χ2n) is 4.93. The lowest BCUT2D eigenvalue weighted by molar-refractivity contribution is 0.0737. The van der Waals surface area contributed by atoms with Crippen LogP contribution in [-0.2, 0) is 9.05 Å². The molecule has 0 aliphatic heterocycles. The summed E-state index contributed by atoms with van der Waals surface area (Å²) in [6.07, 6.45) is 2.47. The first-order valence-electron chi connectivity index (χ1n) is 6.50. The van der Waals surface area contributed by atoms with Gasteiger partial charge in [-0.25, -0.2) is 12.8 Å². The minimum Gasteiger partial charge on any atom is -0.336 e. The van der Waals surface area contributed by atoms with Gasteiger partial charge in [0, 0.05) is 28.3 Å². The smallest absolute Gasteiger partial charge is 0.264 e. The average Bonchev–Trinajstić information content (AvgIpc) is 3.20. The van der Waals surface area contributed by atoms with Crippen LogP contribution in [0.15, 0.2) is 17.0 Å². The van der Waals surface area contributed by atoms with Gasteiger partial charge in [0.05, 0.1) is 5.56 Å². The van der Waals surface area contributed by atoms with Crippen LogP contribution in [0, 0.1) is 5.82 Å². The van der Waals surface area contributed by atoms with E-state index in [1.165, 1.54) is 0 Å². The van der Waals surface area contributed by atoms with Crippen molar-refractivity contribution in [1.29, 1.82) is 0 Å². The van der Waals surface area contributed by atoms with Gasteiger partial charge in [0.15, 0.2) is 5.82 Å². The van der Waals surface area contributed by atoms with Gasteiger partial charge in [-0.15, -0.1) is 0 Å². The first-order valence-corrected chi connectivity index (χ1v) is 9.19. The molecule has 1 saturated carbocycles. The third-order valence-electron chi connectivity index (χ3n) is 3.21. The third-order valence-corrected chi connectivity index (χ3v) is 4.75. The summed E-state index contributed by atoms with van der Waals surface area (Å²) in [5.74, 6) is -1.71. The summed E-state index contributed by atoms with van der Waals surface area (Å²) in [7, 11) is 0.864. The number of hydrogen-bond donors (Lipinski definition) is 0. The van der Waals surface area contributed by atoms with Gasteiger partial charge in [-0.05, 0) is 31.4 Å². The van der Waals surface area contributed by atoms with E-state index in [9.17, 15) is 17.6 Å². The Morgan fingerprint density at radius 2 is 2.05 bits per heavy atom. The first kappa shape index (κ1) is 16.5. The van der Waals surface area contributed by atoms with Crippen LogP contribution in [0.25, 0.3) is 0 Å². The predicted octanol–water partition coefficient (Wildman–Crippen LogP) is 3.42. The van der Waals surface area contributed by atoms with Crippen molar-refractivity contribution in [3.05, 3.63) is 28.5 Å². The fourth-order valence-corrected chi connectivity index (χ4v) is 3.34. The molecule has 0 aromatic heterocycles. The van der Waals surface area contributed by atoms with Gasteiger partial charge in [-0.2, -0.15) is 0 Å². The molecule has 116 valence electrons. The molecule has 1 aliphatic carbocycles. The molecule has 2 rings (SSSR count). The minimum absolute atomic E-state index is 0.0498. The number of carbonyl (C=O) groups is 1. The molecule has 0 heterocycles. The van der Waals surface area contributed by atoms with E-state index in [0.717, 1.165) is 31.4 Å². The Labute approximate surface area is 132 Å². The summed E-state index contributed by atoms with van der Waals surface area (Å²) in [6, 6.07) is 2.12. The van der Waals surface area contributed by atoms with Crippen LogP contribution < -0.4 is 0 Å². The maximum absolute atomic E-state index is 14.3. The van der Waals surface area contributed by atoms with Gasteiger partial charge in [0.2, 0.25) is 0 Å². The van der Waals surface area contributed by atoms with Gasteiger partial charge >= 0.3 is 0 Å². The number of rotatable bonds is 5. The largest absolute Gasteiger partial charge is 0.336 e. The quantitative estimate of drug-likeness (QED) is 0.762. The molecule has 1 aromatic rings. The van der Waals surface area contributed by atoms with E-state index in [1.54, 1.807) is 4.90 Å². The number of amides is 1. The Kier molecular flexibility index (Phi) is 4.80. The van der Waals surface area contributed by atoms with E-state index < -0.39 is 25.7 Å². The lowest BCUT2D eigenvalue weighted by atomic mass is 10.1. The Bertz CT molecular complexity index is 674. The zero-order valence-electron chi connectivity index (χ0n) is 11.3. The van der Waals surface area contributed by atoms with Gasteiger partial charge in [-0.3, -0.25) is 4.79 Å². The van der Waals surface area contributed by atoms with E-state index in [2.05, 4.69) is 0 Å². The lowest BCUT2D eigenvalue weighted by Crippen LogP contribution is -2.34. The van der Waals surface area contributed by atoms with Crippen molar-refractivity contribution in [3.8, 4) is 0 Å². The molecule has 1 aliphatic rings. The summed E-state index contributed by atoms with van der Waals surface area (Å²) >= 11 is 5.79. The predicted molar refractivity (Wildman–Crippen MR) is 78.8 cm³/mol. The molecule has 1 amide bonds. The molecule has 0 spiro atoms. The Balaban J connectivity index is 2.48. The van der Waals surface area contributed by atoms with Crippen molar-refractivity contribution in [2.75, 3.05) is 6.54 Å². The summed E-state index contributed by atoms with van der Waals surface area (Å²) < 4.78 is 37.0. The third kappa shape index (κ3) is 3.67. The standard InChI is InChI=1S/C13H14Cl2FNO3S/c1-2-5-17(9-3-4-9)13(18)10-6-8(14)7-11(12(10)16)21(15,19)20/h6-7,9H,2-5H2,1H3. The van der Waals surface area contributed by atoms with Crippen LogP contribution in [0.3, 0.4) is 0 Å². The summed E-state index contributed by atoms with van der Waals surface area (Å²) in [5.41, 5.74) is -0.359. The van der Waals surface area contributed by atoms with E-state index in [1.807, 2.05) is 6.92 Å². The maximum Gasteiger partial charge on any atom is 0.264 e. The number of halogens is 3. The van der Waals surface area contributed by atoms with Crippen LogP contribution in [0.4, 0.5) is 4.39 Å². The maximum atomic E-state index is 14.3. The van der Waals surface area contributed by atoms with Crippen molar-refractivity contribution in [1.82, 2.24) is 4.90 Å². The molecule has 0 bridgehead atoms. The number of nitrogens with zero attached hydrogens (tertiary/aromatic N) is 1. The number of hydrogen-bond acceptors (Lipinski definition) is 3. The molecule has 1 fully saturated rings. The van der Waals surface area contributed by atoms with Crippen molar-refractivity contribution >= 4 is 37.2 Å². The second kappa shape index (κ2) is 6.10. The SMILES string of the molecule is CCCN(C(=O)c1cc(Cl)cc(S(=O)(=O)Cl)c1F)C1CC1. The molecule has 0 unspecified atom stereocenters. The topological polar surface area (TPSA) is 54.5 Å². The van der Waals surface area contributed by atoms with E-state index >= 15 is 0 Å². The highest BCUT2D eigenvalue weighted by atomic mass is 35.7. The first-order chi connectivity index (χ1) is 9.75. The molecule has 0 atom stereocenters. The van der Waals surface area contributed by atoms with E-state index in [4.69, 9.17) is 22.3 Å². The van der Waals surface area contributed by atoms with Gasteiger partial charge in [-0.1, -0.05) is 18.5 Å².